The molecule has 0 atom stereocenters. The van der Waals surface area contributed by atoms with Crippen LogP contribution in [0.25, 0.3) is 0 Å². The molecular formula is C11H23N. The first-order chi connectivity index (χ1) is 5.21. The van der Waals surface area contributed by atoms with Crippen molar-refractivity contribution in [2.45, 2.75) is 47.1 Å². The standard InChI is InChI=1S/C11H23N/c1-10(2,3)8-7-9-12-11(4,5)6/h7-8,12H,9H2,1-6H3/b8-7-. The van der Waals surface area contributed by atoms with Crippen molar-refractivity contribution in [3.63, 3.8) is 0 Å². The summed E-state index contributed by atoms with van der Waals surface area (Å²) in [5.41, 5.74) is 0.530. The molecule has 72 valence electrons. The van der Waals surface area contributed by atoms with Gasteiger partial charge >= 0.3 is 0 Å². The minimum Gasteiger partial charge on any atom is -0.309 e. The van der Waals surface area contributed by atoms with Gasteiger partial charge in [0.1, 0.15) is 0 Å². The van der Waals surface area contributed by atoms with Crippen molar-refractivity contribution < 1.29 is 0 Å². The summed E-state index contributed by atoms with van der Waals surface area (Å²) in [6.07, 6.45) is 4.44. The lowest BCUT2D eigenvalue weighted by atomic mass is 9.96. The average Bonchev–Trinajstić information content (AvgIpc) is 1.76. The highest BCUT2D eigenvalue weighted by atomic mass is 14.9. The molecule has 0 spiro atoms. The van der Waals surface area contributed by atoms with E-state index in [-0.39, 0.29) is 5.54 Å². The quantitative estimate of drug-likeness (QED) is 0.627. The third kappa shape index (κ3) is 9.70. The van der Waals surface area contributed by atoms with E-state index in [2.05, 4.69) is 59.0 Å². The molecule has 0 aromatic carbocycles. The first-order valence-electron chi connectivity index (χ1n) is 4.63. The molecule has 0 aliphatic rings. The minimum atomic E-state index is 0.224. The van der Waals surface area contributed by atoms with Crippen molar-refractivity contribution >= 4 is 0 Å². The van der Waals surface area contributed by atoms with Gasteiger partial charge in [-0.05, 0) is 26.2 Å². The maximum absolute atomic E-state index is 3.41. The van der Waals surface area contributed by atoms with Crippen LogP contribution in [0.2, 0.25) is 0 Å². The Balaban J connectivity index is 3.64. The topological polar surface area (TPSA) is 12.0 Å². The lowest BCUT2D eigenvalue weighted by molar-refractivity contribution is 0.447. The molecule has 0 aliphatic heterocycles. The highest BCUT2D eigenvalue weighted by Gasteiger charge is 2.07. The van der Waals surface area contributed by atoms with E-state index >= 15 is 0 Å². The Labute approximate surface area is 77.2 Å². The fourth-order valence-corrected chi connectivity index (χ4v) is 0.778. The molecule has 0 heterocycles. The Morgan fingerprint density at radius 3 is 1.83 bits per heavy atom. The van der Waals surface area contributed by atoms with Gasteiger partial charge in [0.25, 0.3) is 0 Å². The second-order valence-electron chi connectivity index (χ2n) is 5.40. The molecule has 0 fully saturated rings. The van der Waals surface area contributed by atoms with Crippen LogP contribution in [0.4, 0.5) is 0 Å². The monoisotopic (exact) mass is 169 g/mol. The van der Waals surface area contributed by atoms with Crippen molar-refractivity contribution in [3.05, 3.63) is 12.2 Å². The van der Waals surface area contributed by atoms with Crippen LogP contribution in [0.15, 0.2) is 12.2 Å². The maximum atomic E-state index is 3.41. The third-order valence-electron chi connectivity index (χ3n) is 1.37. The van der Waals surface area contributed by atoms with Crippen LogP contribution in [-0.4, -0.2) is 12.1 Å². The summed E-state index contributed by atoms with van der Waals surface area (Å²) in [5, 5.41) is 3.41. The lowest BCUT2D eigenvalue weighted by Gasteiger charge is -2.19. The van der Waals surface area contributed by atoms with Gasteiger partial charge in [-0.25, -0.2) is 0 Å². The molecule has 1 N–H and O–H groups in total. The number of nitrogens with one attached hydrogen (secondary N) is 1. The van der Waals surface area contributed by atoms with Crippen molar-refractivity contribution in [2.75, 3.05) is 6.54 Å². The molecule has 1 nitrogen and oxygen atoms in total. The summed E-state index contributed by atoms with van der Waals surface area (Å²) >= 11 is 0. The van der Waals surface area contributed by atoms with E-state index in [0.29, 0.717) is 5.41 Å². The predicted molar refractivity (Wildman–Crippen MR) is 56.4 cm³/mol. The predicted octanol–water partition coefficient (Wildman–Crippen LogP) is 2.98. The number of allylic oxidation sites excluding steroid dienone is 1. The van der Waals surface area contributed by atoms with Crippen LogP contribution in [0.1, 0.15) is 41.5 Å². The molecule has 0 bridgehead atoms. The molecule has 0 radical (unpaired) electrons. The zero-order valence-electron chi connectivity index (χ0n) is 9.36. The molecule has 0 saturated carbocycles. The second kappa shape index (κ2) is 4.08. The number of rotatable bonds is 2. The van der Waals surface area contributed by atoms with Crippen LogP contribution >= 0.6 is 0 Å². The van der Waals surface area contributed by atoms with Gasteiger partial charge in [-0.2, -0.15) is 0 Å². The summed E-state index contributed by atoms with van der Waals surface area (Å²) in [6.45, 7) is 14.1. The molecule has 0 aromatic rings. The Kier molecular flexibility index (Phi) is 3.98. The van der Waals surface area contributed by atoms with Crippen molar-refractivity contribution in [2.24, 2.45) is 5.41 Å². The van der Waals surface area contributed by atoms with Gasteiger partial charge in [-0.15, -0.1) is 0 Å². The zero-order valence-corrected chi connectivity index (χ0v) is 9.36. The van der Waals surface area contributed by atoms with Crippen LogP contribution in [0, 0.1) is 5.41 Å². The molecule has 1 heteroatoms. The fraction of sp³-hybridized carbons (Fsp3) is 0.818. The van der Waals surface area contributed by atoms with E-state index in [9.17, 15) is 0 Å². The van der Waals surface area contributed by atoms with E-state index < -0.39 is 0 Å². The van der Waals surface area contributed by atoms with Gasteiger partial charge in [-0.1, -0.05) is 32.9 Å². The lowest BCUT2D eigenvalue weighted by Crippen LogP contribution is -2.35. The average molecular weight is 169 g/mol. The van der Waals surface area contributed by atoms with E-state index in [1.807, 2.05) is 0 Å². The van der Waals surface area contributed by atoms with Crippen LogP contribution in [-0.2, 0) is 0 Å². The highest BCUT2D eigenvalue weighted by Crippen LogP contribution is 2.13. The van der Waals surface area contributed by atoms with E-state index in [1.54, 1.807) is 0 Å². The second-order valence-corrected chi connectivity index (χ2v) is 5.40. The van der Waals surface area contributed by atoms with Crippen molar-refractivity contribution in [1.29, 1.82) is 0 Å². The Morgan fingerprint density at radius 2 is 1.50 bits per heavy atom. The van der Waals surface area contributed by atoms with E-state index in [4.69, 9.17) is 0 Å². The number of hydrogen-bond acceptors (Lipinski definition) is 1. The minimum absolute atomic E-state index is 0.224. The van der Waals surface area contributed by atoms with Gasteiger partial charge in [0, 0.05) is 12.1 Å². The summed E-state index contributed by atoms with van der Waals surface area (Å²) < 4.78 is 0. The summed E-state index contributed by atoms with van der Waals surface area (Å²) in [5.74, 6) is 0. The van der Waals surface area contributed by atoms with E-state index in [1.165, 1.54) is 0 Å². The summed E-state index contributed by atoms with van der Waals surface area (Å²) in [7, 11) is 0. The van der Waals surface area contributed by atoms with Gasteiger partial charge in [0.15, 0.2) is 0 Å². The van der Waals surface area contributed by atoms with Crippen molar-refractivity contribution in [3.8, 4) is 0 Å². The summed E-state index contributed by atoms with van der Waals surface area (Å²) in [4.78, 5) is 0. The zero-order chi connectivity index (χ0) is 9.83. The first kappa shape index (κ1) is 11.7. The molecule has 0 saturated heterocycles. The first-order valence-corrected chi connectivity index (χ1v) is 4.63. The fourth-order valence-electron chi connectivity index (χ4n) is 0.778. The maximum Gasteiger partial charge on any atom is 0.0139 e. The highest BCUT2D eigenvalue weighted by molar-refractivity contribution is 4.94. The van der Waals surface area contributed by atoms with Gasteiger partial charge in [0.2, 0.25) is 0 Å². The molecule has 12 heavy (non-hydrogen) atoms. The van der Waals surface area contributed by atoms with Gasteiger partial charge in [-0.3, -0.25) is 0 Å². The Morgan fingerprint density at radius 1 is 1.00 bits per heavy atom. The Hall–Kier alpha value is -0.300. The normalized spacial score (nSPS) is 14.2. The van der Waals surface area contributed by atoms with Gasteiger partial charge < -0.3 is 5.32 Å². The van der Waals surface area contributed by atoms with Crippen LogP contribution in [0.3, 0.4) is 0 Å². The molecule has 0 aliphatic carbocycles. The summed E-state index contributed by atoms with van der Waals surface area (Å²) in [6, 6.07) is 0. The Bertz CT molecular complexity index is 143. The largest absolute Gasteiger partial charge is 0.309 e. The molecule has 0 aromatic heterocycles. The smallest absolute Gasteiger partial charge is 0.0139 e. The molecular weight excluding hydrogens is 146 g/mol. The van der Waals surface area contributed by atoms with E-state index in [0.717, 1.165) is 6.54 Å². The van der Waals surface area contributed by atoms with Crippen molar-refractivity contribution in [1.82, 2.24) is 5.32 Å². The van der Waals surface area contributed by atoms with Crippen LogP contribution in [0.5, 0.6) is 0 Å². The number of hydrogen-bond donors (Lipinski definition) is 1. The SMILES string of the molecule is CC(C)(C)/C=C\CNC(C)(C)C. The molecule has 0 amide bonds. The van der Waals surface area contributed by atoms with Gasteiger partial charge in [0.05, 0.1) is 0 Å². The van der Waals surface area contributed by atoms with Crippen LogP contribution < -0.4 is 5.32 Å². The third-order valence-corrected chi connectivity index (χ3v) is 1.37. The molecule has 0 rings (SSSR count). The molecule has 0 unspecified atom stereocenters.